The molecule has 0 bridgehead atoms. The number of aromatic nitrogens is 1. The van der Waals surface area contributed by atoms with Crippen LogP contribution in [0, 0.1) is 0 Å². The normalized spacial score (nSPS) is 10.1. The molecule has 3 heteroatoms. The van der Waals surface area contributed by atoms with Crippen molar-refractivity contribution >= 4 is 0 Å². The summed E-state index contributed by atoms with van der Waals surface area (Å²) in [5, 5.41) is 18.7. The summed E-state index contributed by atoms with van der Waals surface area (Å²) in [4.78, 5) is 4.16. The Balaban J connectivity index is 2.25. The largest absolute Gasteiger partial charge is 0.508 e. The van der Waals surface area contributed by atoms with Crippen molar-refractivity contribution in [3.8, 4) is 11.5 Å². The van der Waals surface area contributed by atoms with Gasteiger partial charge in [-0.25, -0.2) is 0 Å². The van der Waals surface area contributed by atoms with Crippen molar-refractivity contribution in [3.63, 3.8) is 0 Å². The van der Waals surface area contributed by atoms with Gasteiger partial charge in [-0.3, -0.25) is 4.98 Å². The molecule has 15 heavy (non-hydrogen) atoms. The maximum Gasteiger partial charge on any atom is 0.122 e. The molecule has 0 aliphatic heterocycles. The highest BCUT2D eigenvalue weighted by Crippen LogP contribution is 2.24. The van der Waals surface area contributed by atoms with E-state index in [1.165, 1.54) is 6.07 Å². The quantitative estimate of drug-likeness (QED) is 0.782. The second kappa shape index (κ2) is 4.00. The Morgan fingerprint density at radius 3 is 2.60 bits per heavy atom. The molecule has 0 spiro atoms. The van der Waals surface area contributed by atoms with Gasteiger partial charge < -0.3 is 10.2 Å². The molecule has 76 valence electrons. The fourth-order valence-electron chi connectivity index (χ4n) is 1.40. The van der Waals surface area contributed by atoms with Gasteiger partial charge in [0.05, 0.1) is 0 Å². The third kappa shape index (κ3) is 2.26. The van der Waals surface area contributed by atoms with Gasteiger partial charge in [-0.1, -0.05) is 12.1 Å². The number of rotatable bonds is 2. The van der Waals surface area contributed by atoms with Gasteiger partial charge in [0.1, 0.15) is 11.5 Å². The fraction of sp³-hybridized carbons (Fsp3) is 0.0833. The molecule has 2 rings (SSSR count). The number of phenols is 2. The summed E-state index contributed by atoms with van der Waals surface area (Å²) >= 11 is 0. The molecule has 0 fully saturated rings. The number of hydrogen-bond donors (Lipinski definition) is 2. The van der Waals surface area contributed by atoms with Crippen LogP contribution in [0.3, 0.4) is 0 Å². The molecule has 0 atom stereocenters. The van der Waals surface area contributed by atoms with E-state index < -0.39 is 0 Å². The number of aromatic hydroxyl groups is 2. The van der Waals surface area contributed by atoms with Crippen LogP contribution in [0.4, 0.5) is 0 Å². The van der Waals surface area contributed by atoms with Crippen LogP contribution < -0.4 is 0 Å². The summed E-state index contributed by atoms with van der Waals surface area (Å²) < 4.78 is 0. The van der Waals surface area contributed by atoms with E-state index in [-0.39, 0.29) is 11.5 Å². The Labute approximate surface area is 87.7 Å². The van der Waals surface area contributed by atoms with Gasteiger partial charge in [0, 0.05) is 29.9 Å². The van der Waals surface area contributed by atoms with Crippen molar-refractivity contribution < 1.29 is 10.2 Å². The van der Waals surface area contributed by atoms with E-state index in [2.05, 4.69) is 4.98 Å². The molecule has 3 nitrogen and oxygen atoms in total. The molecular formula is C12H11NO2. The number of hydrogen-bond acceptors (Lipinski definition) is 3. The lowest BCUT2D eigenvalue weighted by molar-refractivity contribution is 0.446. The molecule has 2 aromatic rings. The molecule has 0 aliphatic carbocycles. The van der Waals surface area contributed by atoms with Crippen LogP contribution in [0.5, 0.6) is 11.5 Å². The molecular weight excluding hydrogens is 190 g/mol. The topological polar surface area (TPSA) is 53.4 Å². The molecule has 0 aliphatic rings. The number of pyridine rings is 1. The minimum Gasteiger partial charge on any atom is -0.508 e. The highest BCUT2D eigenvalue weighted by Gasteiger charge is 2.03. The van der Waals surface area contributed by atoms with Gasteiger partial charge in [-0.05, 0) is 18.2 Å². The minimum atomic E-state index is 0.0669. The zero-order valence-electron chi connectivity index (χ0n) is 8.09. The third-order valence-electron chi connectivity index (χ3n) is 2.17. The van der Waals surface area contributed by atoms with E-state index in [1.54, 1.807) is 18.3 Å². The summed E-state index contributed by atoms with van der Waals surface area (Å²) in [5.74, 6) is 0.165. The summed E-state index contributed by atoms with van der Waals surface area (Å²) in [6.07, 6.45) is 2.28. The van der Waals surface area contributed by atoms with Gasteiger partial charge in [-0.2, -0.15) is 0 Å². The minimum absolute atomic E-state index is 0.0669. The predicted octanol–water partition coefficient (Wildman–Crippen LogP) is 2.08. The first-order valence-electron chi connectivity index (χ1n) is 4.66. The van der Waals surface area contributed by atoms with Crippen molar-refractivity contribution in [2.45, 2.75) is 6.42 Å². The second-order valence-corrected chi connectivity index (χ2v) is 3.31. The van der Waals surface area contributed by atoms with E-state index in [0.29, 0.717) is 6.42 Å². The standard InChI is InChI=1S/C12H11NO2/c14-11-5-4-9(12(15)8-11)7-10-3-1-2-6-13-10/h1-6,8,14-15H,7H2. The van der Waals surface area contributed by atoms with Crippen molar-refractivity contribution in [3.05, 3.63) is 53.9 Å². The first kappa shape index (κ1) is 9.52. The molecule has 0 amide bonds. The lowest BCUT2D eigenvalue weighted by Crippen LogP contribution is -1.91. The average Bonchev–Trinajstić information content (AvgIpc) is 2.24. The number of phenolic OH excluding ortho intramolecular Hbond substituents is 2. The van der Waals surface area contributed by atoms with Crippen molar-refractivity contribution in [1.82, 2.24) is 4.98 Å². The van der Waals surface area contributed by atoms with Gasteiger partial charge >= 0.3 is 0 Å². The lowest BCUT2D eigenvalue weighted by atomic mass is 10.1. The first-order valence-corrected chi connectivity index (χ1v) is 4.66. The van der Waals surface area contributed by atoms with Crippen LogP contribution in [0.25, 0.3) is 0 Å². The van der Waals surface area contributed by atoms with Crippen LogP contribution in [-0.2, 0) is 6.42 Å². The smallest absolute Gasteiger partial charge is 0.122 e. The zero-order valence-corrected chi connectivity index (χ0v) is 8.09. The van der Waals surface area contributed by atoms with E-state index in [4.69, 9.17) is 5.11 Å². The van der Waals surface area contributed by atoms with Crippen molar-refractivity contribution in [2.75, 3.05) is 0 Å². The summed E-state index contributed by atoms with van der Waals surface area (Å²) in [6.45, 7) is 0. The summed E-state index contributed by atoms with van der Waals surface area (Å²) in [7, 11) is 0. The highest BCUT2D eigenvalue weighted by molar-refractivity contribution is 5.40. The number of nitrogens with zero attached hydrogens (tertiary/aromatic N) is 1. The SMILES string of the molecule is Oc1ccc(Cc2ccccn2)c(O)c1. The Hall–Kier alpha value is -2.03. The molecule has 1 heterocycles. The van der Waals surface area contributed by atoms with Gasteiger partial charge in [0.15, 0.2) is 0 Å². The third-order valence-corrected chi connectivity index (χ3v) is 2.17. The molecule has 1 aromatic heterocycles. The van der Waals surface area contributed by atoms with Gasteiger partial charge in [-0.15, -0.1) is 0 Å². The molecule has 0 saturated carbocycles. The maximum absolute atomic E-state index is 9.56. The molecule has 0 saturated heterocycles. The Kier molecular flexibility index (Phi) is 2.54. The van der Waals surface area contributed by atoms with E-state index in [1.807, 2.05) is 18.2 Å². The van der Waals surface area contributed by atoms with Crippen LogP contribution in [0.1, 0.15) is 11.3 Å². The lowest BCUT2D eigenvalue weighted by Gasteiger charge is -2.04. The van der Waals surface area contributed by atoms with E-state index >= 15 is 0 Å². The van der Waals surface area contributed by atoms with Gasteiger partial charge in [0.25, 0.3) is 0 Å². The van der Waals surface area contributed by atoms with Crippen LogP contribution in [0.2, 0.25) is 0 Å². The average molecular weight is 201 g/mol. The zero-order chi connectivity index (χ0) is 10.7. The predicted molar refractivity (Wildman–Crippen MR) is 56.8 cm³/mol. The maximum atomic E-state index is 9.56. The van der Waals surface area contributed by atoms with E-state index in [0.717, 1.165) is 11.3 Å². The highest BCUT2D eigenvalue weighted by atomic mass is 16.3. The molecule has 1 aromatic carbocycles. The number of benzene rings is 1. The van der Waals surface area contributed by atoms with Gasteiger partial charge in [0.2, 0.25) is 0 Å². The Bertz CT molecular complexity index is 454. The van der Waals surface area contributed by atoms with Crippen molar-refractivity contribution in [2.24, 2.45) is 0 Å². The monoisotopic (exact) mass is 201 g/mol. The fourth-order valence-corrected chi connectivity index (χ4v) is 1.40. The van der Waals surface area contributed by atoms with Crippen molar-refractivity contribution in [1.29, 1.82) is 0 Å². The molecule has 2 N–H and O–H groups in total. The molecule has 0 unspecified atom stereocenters. The second-order valence-electron chi connectivity index (χ2n) is 3.31. The summed E-state index contributed by atoms with van der Waals surface area (Å²) in [6, 6.07) is 10.2. The molecule has 0 radical (unpaired) electrons. The first-order chi connectivity index (χ1) is 7.25. The van der Waals surface area contributed by atoms with Crippen LogP contribution in [0.15, 0.2) is 42.6 Å². The van der Waals surface area contributed by atoms with E-state index in [9.17, 15) is 5.11 Å². The Morgan fingerprint density at radius 2 is 1.93 bits per heavy atom. The van der Waals surface area contributed by atoms with Crippen LogP contribution in [-0.4, -0.2) is 15.2 Å². The van der Waals surface area contributed by atoms with Crippen LogP contribution >= 0.6 is 0 Å². The Morgan fingerprint density at radius 1 is 1.07 bits per heavy atom. The summed E-state index contributed by atoms with van der Waals surface area (Å²) in [5.41, 5.74) is 1.64.